The first-order valence-corrected chi connectivity index (χ1v) is 7.29. The van der Waals surface area contributed by atoms with Crippen molar-refractivity contribution in [1.29, 1.82) is 0 Å². The number of nitrogens with two attached hydrogens (primary N) is 1. The number of hydrazine groups is 1. The molecule has 0 aliphatic heterocycles. The lowest BCUT2D eigenvalue weighted by Crippen LogP contribution is -2.36. The van der Waals surface area contributed by atoms with Crippen molar-refractivity contribution in [3.63, 3.8) is 0 Å². The van der Waals surface area contributed by atoms with E-state index in [0.29, 0.717) is 6.04 Å². The molecule has 0 amide bonds. The van der Waals surface area contributed by atoms with Gasteiger partial charge in [-0.3, -0.25) is 11.3 Å². The Hall–Kier alpha value is -0.580. The van der Waals surface area contributed by atoms with E-state index in [9.17, 15) is 0 Å². The molecule has 1 aromatic rings. The van der Waals surface area contributed by atoms with Crippen molar-refractivity contribution in [3.05, 3.63) is 28.2 Å². The standard InChI is InChI=1S/C14H23BrN2O/c1-3-4-5-6-13(17-16)10-11-9-12(15)7-8-14(11)18-2/h7-9,13,17H,3-6,10,16H2,1-2H3. The maximum absolute atomic E-state index is 5.63. The SMILES string of the molecule is CCCCCC(Cc1cc(Br)ccc1OC)NN. The highest BCUT2D eigenvalue weighted by Gasteiger charge is 2.11. The van der Waals surface area contributed by atoms with Crippen LogP contribution in [0.5, 0.6) is 5.75 Å². The van der Waals surface area contributed by atoms with E-state index in [4.69, 9.17) is 10.6 Å². The Morgan fingerprint density at radius 1 is 1.39 bits per heavy atom. The van der Waals surface area contributed by atoms with Gasteiger partial charge in [0.25, 0.3) is 0 Å². The van der Waals surface area contributed by atoms with Crippen LogP contribution in [0.2, 0.25) is 0 Å². The molecule has 1 rings (SSSR count). The number of rotatable bonds is 8. The van der Waals surface area contributed by atoms with Crippen LogP contribution in [0.15, 0.2) is 22.7 Å². The maximum Gasteiger partial charge on any atom is 0.122 e. The zero-order valence-corrected chi connectivity index (χ0v) is 12.8. The second-order valence-electron chi connectivity index (χ2n) is 4.52. The van der Waals surface area contributed by atoms with Gasteiger partial charge in [0.15, 0.2) is 0 Å². The Kier molecular flexibility index (Phi) is 7.32. The molecule has 0 spiro atoms. The number of hydrogen-bond acceptors (Lipinski definition) is 3. The largest absolute Gasteiger partial charge is 0.496 e. The number of halogens is 1. The summed E-state index contributed by atoms with van der Waals surface area (Å²) >= 11 is 3.49. The average molecular weight is 315 g/mol. The van der Waals surface area contributed by atoms with Crippen LogP contribution in [0.1, 0.15) is 38.2 Å². The molecule has 4 heteroatoms. The monoisotopic (exact) mass is 314 g/mol. The van der Waals surface area contributed by atoms with Crippen molar-refractivity contribution in [2.24, 2.45) is 5.84 Å². The first-order chi connectivity index (χ1) is 8.71. The van der Waals surface area contributed by atoms with Crippen molar-refractivity contribution in [2.45, 2.75) is 45.1 Å². The van der Waals surface area contributed by atoms with Gasteiger partial charge >= 0.3 is 0 Å². The summed E-state index contributed by atoms with van der Waals surface area (Å²) in [6.45, 7) is 2.21. The van der Waals surface area contributed by atoms with Crippen LogP contribution in [-0.4, -0.2) is 13.2 Å². The fraction of sp³-hybridized carbons (Fsp3) is 0.571. The number of nitrogens with one attached hydrogen (secondary N) is 1. The molecule has 1 aromatic carbocycles. The molecule has 0 saturated heterocycles. The average Bonchev–Trinajstić information content (AvgIpc) is 2.38. The number of methoxy groups -OCH3 is 1. The Morgan fingerprint density at radius 2 is 2.17 bits per heavy atom. The minimum absolute atomic E-state index is 0.305. The van der Waals surface area contributed by atoms with E-state index in [1.165, 1.54) is 24.8 Å². The molecule has 0 aliphatic carbocycles. The molecule has 18 heavy (non-hydrogen) atoms. The quantitative estimate of drug-likeness (QED) is 0.439. The molecule has 1 atom stereocenters. The van der Waals surface area contributed by atoms with Crippen molar-refractivity contribution in [1.82, 2.24) is 5.43 Å². The van der Waals surface area contributed by atoms with Gasteiger partial charge in [-0.15, -0.1) is 0 Å². The molecule has 0 radical (unpaired) electrons. The summed E-state index contributed by atoms with van der Waals surface area (Å²) in [5, 5.41) is 0. The lowest BCUT2D eigenvalue weighted by molar-refractivity contribution is 0.401. The second-order valence-corrected chi connectivity index (χ2v) is 5.44. The molecule has 1 unspecified atom stereocenters. The van der Waals surface area contributed by atoms with Gasteiger partial charge in [-0.25, -0.2) is 0 Å². The third-order valence-corrected chi connectivity index (χ3v) is 3.59. The van der Waals surface area contributed by atoms with Crippen LogP contribution < -0.4 is 16.0 Å². The molecule has 102 valence electrons. The van der Waals surface area contributed by atoms with Gasteiger partial charge in [-0.05, 0) is 36.6 Å². The van der Waals surface area contributed by atoms with Crippen molar-refractivity contribution >= 4 is 15.9 Å². The molecule has 0 saturated carbocycles. The van der Waals surface area contributed by atoms with Crippen LogP contribution in [0.3, 0.4) is 0 Å². The van der Waals surface area contributed by atoms with Gasteiger partial charge in [-0.1, -0.05) is 42.1 Å². The number of ether oxygens (including phenoxy) is 1. The van der Waals surface area contributed by atoms with Crippen LogP contribution in [0, 0.1) is 0 Å². The van der Waals surface area contributed by atoms with E-state index in [-0.39, 0.29) is 0 Å². The maximum atomic E-state index is 5.63. The van der Waals surface area contributed by atoms with Crippen molar-refractivity contribution in [3.8, 4) is 5.75 Å². The summed E-state index contributed by atoms with van der Waals surface area (Å²) in [5.41, 5.74) is 4.10. The second kappa shape index (κ2) is 8.51. The highest BCUT2D eigenvalue weighted by molar-refractivity contribution is 9.10. The van der Waals surface area contributed by atoms with E-state index < -0.39 is 0 Å². The highest BCUT2D eigenvalue weighted by atomic mass is 79.9. The lowest BCUT2D eigenvalue weighted by Gasteiger charge is -2.17. The molecule has 0 fully saturated rings. The Balaban J connectivity index is 2.65. The van der Waals surface area contributed by atoms with E-state index in [2.05, 4.69) is 34.3 Å². The summed E-state index contributed by atoms with van der Waals surface area (Å²) in [6.07, 6.45) is 5.69. The van der Waals surface area contributed by atoms with Crippen LogP contribution in [0.4, 0.5) is 0 Å². The predicted octanol–water partition coefficient (Wildman–Crippen LogP) is 3.41. The van der Waals surface area contributed by atoms with E-state index in [1.807, 2.05) is 12.1 Å². The van der Waals surface area contributed by atoms with Crippen molar-refractivity contribution in [2.75, 3.05) is 7.11 Å². The number of unbranched alkanes of at least 4 members (excludes halogenated alkanes) is 2. The predicted molar refractivity (Wildman–Crippen MR) is 79.7 cm³/mol. The normalized spacial score (nSPS) is 12.4. The minimum Gasteiger partial charge on any atom is -0.496 e. The zero-order valence-electron chi connectivity index (χ0n) is 11.2. The Labute approximate surface area is 118 Å². The molecular formula is C14H23BrN2O. The minimum atomic E-state index is 0.305. The lowest BCUT2D eigenvalue weighted by atomic mass is 10.0. The summed E-state index contributed by atoms with van der Waals surface area (Å²) in [7, 11) is 1.70. The van der Waals surface area contributed by atoms with E-state index in [1.54, 1.807) is 7.11 Å². The fourth-order valence-electron chi connectivity index (χ4n) is 2.06. The fourth-order valence-corrected chi connectivity index (χ4v) is 2.47. The first kappa shape index (κ1) is 15.5. The summed E-state index contributed by atoms with van der Waals surface area (Å²) in [4.78, 5) is 0. The molecule has 0 heterocycles. The van der Waals surface area contributed by atoms with Crippen LogP contribution in [0.25, 0.3) is 0 Å². The third-order valence-electron chi connectivity index (χ3n) is 3.10. The Morgan fingerprint density at radius 3 is 2.78 bits per heavy atom. The molecule has 0 aliphatic rings. The van der Waals surface area contributed by atoms with E-state index in [0.717, 1.165) is 23.1 Å². The van der Waals surface area contributed by atoms with Crippen LogP contribution >= 0.6 is 15.9 Å². The first-order valence-electron chi connectivity index (χ1n) is 6.49. The molecule has 0 bridgehead atoms. The topological polar surface area (TPSA) is 47.3 Å². The number of benzene rings is 1. The third kappa shape index (κ3) is 4.96. The van der Waals surface area contributed by atoms with Gasteiger partial charge in [0.2, 0.25) is 0 Å². The summed E-state index contributed by atoms with van der Waals surface area (Å²) in [6, 6.07) is 6.38. The molecule has 3 N–H and O–H groups in total. The van der Waals surface area contributed by atoms with Gasteiger partial charge in [0.1, 0.15) is 5.75 Å². The summed E-state index contributed by atoms with van der Waals surface area (Å²) in [5.74, 6) is 6.55. The van der Waals surface area contributed by atoms with Gasteiger partial charge in [0.05, 0.1) is 7.11 Å². The highest BCUT2D eigenvalue weighted by Crippen LogP contribution is 2.24. The Bertz CT molecular complexity index is 358. The number of hydrogen-bond donors (Lipinski definition) is 2. The van der Waals surface area contributed by atoms with Crippen molar-refractivity contribution < 1.29 is 4.74 Å². The molecule has 3 nitrogen and oxygen atoms in total. The summed E-state index contributed by atoms with van der Waals surface area (Å²) < 4.78 is 6.45. The molecule has 0 aromatic heterocycles. The van der Waals surface area contributed by atoms with E-state index >= 15 is 0 Å². The smallest absolute Gasteiger partial charge is 0.122 e. The van der Waals surface area contributed by atoms with Gasteiger partial charge in [0, 0.05) is 10.5 Å². The van der Waals surface area contributed by atoms with Gasteiger partial charge in [-0.2, -0.15) is 0 Å². The zero-order chi connectivity index (χ0) is 13.4. The van der Waals surface area contributed by atoms with Crippen LogP contribution in [-0.2, 0) is 6.42 Å². The van der Waals surface area contributed by atoms with Gasteiger partial charge < -0.3 is 4.74 Å². The molecular weight excluding hydrogens is 292 g/mol.